The number of anilines is 1. The lowest BCUT2D eigenvalue weighted by Crippen LogP contribution is -2.20. The maximum Gasteiger partial charge on any atom is 0.246 e. The number of amides is 1. The van der Waals surface area contributed by atoms with Crippen LogP contribution in [0.4, 0.5) is 5.69 Å². The molecule has 112 valence electrons. The van der Waals surface area contributed by atoms with Gasteiger partial charge in [0.1, 0.15) is 6.54 Å². The van der Waals surface area contributed by atoms with Gasteiger partial charge in [0, 0.05) is 12.7 Å². The van der Waals surface area contributed by atoms with E-state index in [1.54, 1.807) is 10.9 Å². The van der Waals surface area contributed by atoms with Gasteiger partial charge in [0.2, 0.25) is 5.91 Å². The molecule has 1 aliphatic rings. The maximum atomic E-state index is 12.0. The van der Waals surface area contributed by atoms with Crippen molar-refractivity contribution in [2.24, 2.45) is 5.92 Å². The van der Waals surface area contributed by atoms with Crippen LogP contribution in [0.5, 0.6) is 0 Å². The van der Waals surface area contributed by atoms with Gasteiger partial charge < -0.3 is 5.32 Å². The van der Waals surface area contributed by atoms with Crippen molar-refractivity contribution in [1.29, 1.82) is 0 Å². The first-order valence-corrected chi connectivity index (χ1v) is 7.42. The third-order valence-electron chi connectivity index (χ3n) is 3.65. The molecule has 21 heavy (non-hydrogen) atoms. The Balaban J connectivity index is 1.60. The Labute approximate surface area is 128 Å². The van der Waals surface area contributed by atoms with E-state index in [-0.39, 0.29) is 12.5 Å². The maximum absolute atomic E-state index is 12.0. The number of carbonyl (C=O) groups excluding carboxylic acids is 1. The lowest BCUT2D eigenvalue weighted by atomic mass is 10.4. The Hall–Kier alpha value is -1.82. The molecule has 2 aromatic heterocycles. The van der Waals surface area contributed by atoms with Crippen LogP contribution in [-0.4, -0.2) is 25.5 Å². The summed E-state index contributed by atoms with van der Waals surface area (Å²) in [6.07, 6.45) is 6.10. The molecular weight excluding hydrogens is 290 g/mol. The minimum absolute atomic E-state index is 0.136. The molecule has 0 spiro atoms. The first-order chi connectivity index (χ1) is 10.0. The molecule has 0 unspecified atom stereocenters. The largest absolute Gasteiger partial charge is 0.322 e. The minimum atomic E-state index is -0.136. The van der Waals surface area contributed by atoms with E-state index in [9.17, 15) is 4.79 Å². The summed E-state index contributed by atoms with van der Waals surface area (Å²) in [6.45, 7) is 4.76. The second kappa shape index (κ2) is 5.52. The number of aryl methyl sites for hydroxylation is 1. The van der Waals surface area contributed by atoms with E-state index in [0.717, 1.165) is 23.9 Å². The summed E-state index contributed by atoms with van der Waals surface area (Å²) in [5.41, 5.74) is 2.25. The van der Waals surface area contributed by atoms with Crippen molar-refractivity contribution in [1.82, 2.24) is 19.6 Å². The van der Waals surface area contributed by atoms with Crippen LogP contribution in [-0.2, 0) is 17.9 Å². The van der Waals surface area contributed by atoms with Crippen molar-refractivity contribution in [3.8, 4) is 0 Å². The van der Waals surface area contributed by atoms with Crippen LogP contribution in [0, 0.1) is 19.8 Å². The third-order valence-corrected chi connectivity index (χ3v) is 4.19. The number of halogens is 1. The summed E-state index contributed by atoms with van der Waals surface area (Å²) >= 11 is 6.07. The molecular formula is C14H18ClN5O. The number of rotatable bonds is 5. The van der Waals surface area contributed by atoms with Crippen molar-refractivity contribution in [3.05, 3.63) is 28.8 Å². The second-order valence-electron chi connectivity index (χ2n) is 5.59. The van der Waals surface area contributed by atoms with Crippen LogP contribution in [0.25, 0.3) is 0 Å². The van der Waals surface area contributed by atoms with Gasteiger partial charge >= 0.3 is 0 Å². The second-order valence-corrected chi connectivity index (χ2v) is 5.96. The predicted molar refractivity (Wildman–Crippen MR) is 80.3 cm³/mol. The van der Waals surface area contributed by atoms with E-state index < -0.39 is 0 Å². The summed E-state index contributed by atoms with van der Waals surface area (Å²) in [4.78, 5) is 12.0. The number of hydrogen-bond donors (Lipinski definition) is 1. The van der Waals surface area contributed by atoms with Crippen LogP contribution in [0.1, 0.15) is 24.2 Å². The highest BCUT2D eigenvalue weighted by Crippen LogP contribution is 2.30. The molecule has 0 saturated heterocycles. The molecule has 1 amide bonds. The fourth-order valence-electron chi connectivity index (χ4n) is 2.26. The summed E-state index contributed by atoms with van der Waals surface area (Å²) < 4.78 is 3.50. The minimum Gasteiger partial charge on any atom is -0.322 e. The van der Waals surface area contributed by atoms with Gasteiger partial charge in [-0.05, 0) is 32.6 Å². The van der Waals surface area contributed by atoms with Gasteiger partial charge in [-0.3, -0.25) is 14.2 Å². The van der Waals surface area contributed by atoms with Crippen LogP contribution < -0.4 is 5.32 Å². The fourth-order valence-corrected chi connectivity index (χ4v) is 2.39. The molecule has 1 aliphatic carbocycles. The zero-order chi connectivity index (χ0) is 15.0. The lowest BCUT2D eigenvalue weighted by Gasteiger charge is -2.04. The third kappa shape index (κ3) is 3.26. The molecule has 0 bridgehead atoms. The van der Waals surface area contributed by atoms with E-state index in [1.807, 2.05) is 24.7 Å². The smallest absolute Gasteiger partial charge is 0.246 e. The fraction of sp³-hybridized carbons (Fsp3) is 0.500. The zero-order valence-electron chi connectivity index (χ0n) is 12.1. The topological polar surface area (TPSA) is 64.7 Å². The van der Waals surface area contributed by atoms with Gasteiger partial charge in [-0.2, -0.15) is 10.2 Å². The number of nitrogens with zero attached hydrogens (tertiary/aromatic N) is 4. The van der Waals surface area contributed by atoms with E-state index in [2.05, 4.69) is 15.5 Å². The Morgan fingerprint density at radius 2 is 2.24 bits per heavy atom. The van der Waals surface area contributed by atoms with Gasteiger partial charge in [0.25, 0.3) is 0 Å². The quantitative estimate of drug-likeness (QED) is 0.922. The van der Waals surface area contributed by atoms with E-state index >= 15 is 0 Å². The SMILES string of the molecule is Cc1nn(CC(=O)Nc2cnn(CC3CC3)c2)c(C)c1Cl. The van der Waals surface area contributed by atoms with Gasteiger partial charge in [-0.1, -0.05) is 11.6 Å². The molecule has 0 aromatic carbocycles. The van der Waals surface area contributed by atoms with E-state index in [1.165, 1.54) is 12.8 Å². The summed E-state index contributed by atoms with van der Waals surface area (Å²) in [5, 5.41) is 11.9. The van der Waals surface area contributed by atoms with Crippen LogP contribution in [0.15, 0.2) is 12.4 Å². The van der Waals surface area contributed by atoms with Gasteiger partial charge in [-0.15, -0.1) is 0 Å². The molecule has 2 heterocycles. The average Bonchev–Trinajstić information content (AvgIpc) is 3.09. The summed E-state index contributed by atoms with van der Waals surface area (Å²) in [5.74, 6) is 0.619. The van der Waals surface area contributed by atoms with Crippen molar-refractivity contribution >= 4 is 23.2 Å². The Morgan fingerprint density at radius 3 is 2.86 bits per heavy atom. The first kappa shape index (κ1) is 14.1. The lowest BCUT2D eigenvalue weighted by molar-refractivity contribution is -0.116. The summed E-state index contributed by atoms with van der Waals surface area (Å²) in [7, 11) is 0. The van der Waals surface area contributed by atoms with Crippen molar-refractivity contribution in [2.45, 2.75) is 39.8 Å². The van der Waals surface area contributed by atoms with E-state index in [4.69, 9.17) is 11.6 Å². The summed E-state index contributed by atoms with van der Waals surface area (Å²) in [6, 6.07) is 0. The normalized spacial score (nSPS) is 14.4. The number of carbonyl (C=O) groups is 1. The molecule has 0 atom stereocenters. The predicted octanol–water partition coefficient (Wildman–Crippen LogP) is 2.40. The highest BCUT2D eigenvalue weighted by atomic mass is 35.5. The molecule has 6 nitrogen and oxygen atoms in total. The Bertz CT molecular complexity index is 671. The highest BCUT2D eigenvalue weighted by molar-refractivity contribution is 6.31. The standard InChI is InChI=1S/C14H18ClN5O/c1-9-14(15)10(2)20(18-9)8-13(21)17-12-5-16-19(7-12)6-11-3-4-11/h5,7,11H,3-4,6,8H2,1-2H3,(H,17,21). The van der Waals surface area contributed by atoms with Crippen molar-refractivity contribution in [3.63, 3.8) is 0 Å². The van der Waals surface area contributed by atoms with Crippen LogP contribution in [0.3, 0.4) is 0 Å². The van der Waals surface area contributed by atoms with Crippen LogP contribution >= 0.6 is 11.6 Å². The van der Waals surface area contributed by atoms with Crippen LogP contribution in [0.2, 0.25) is 5.02 Å². The van der Waals surface area contributed by atoms with Gasteiger partial charge in [0.05, 0.1) is 28.3 Å². The Kier molecular flexibility index (Phi) is 3.71. The average molecular weight is 308 g/mol. The number of hydrogen-bond acceptors (Lipinski definition) is 3. The Morgan fingerprint density at radius 1 is 1.48 bits per heavy atom. The number of nitrogens with one attached hydrogen (secondary N) is 1. The molecule has 1 saturated carbocycles. The zero-order valence-corrected chi connectivity index (χ0v) is 12.9. The molecule has 2 aromatic rings. The van der Waals surface area contributed by atoms with Crippen molar-refractivity contribution in [2.75, 3.05) is 5.32 Å². The molecule has 7 heteroatoms. The molecule has 0 aliphatic heterocycles. The monoisotopic (exact) mass is 307 g/mol. The van der Waals surface area contributed by atoms with E-state index in [0.29, 0.717) is 10.7 Å². The first-order valence-electron chi connectivity index (χ1n) is 7.04. The number of aromatic nitrogens is 4. The van der Waals surface area contributed by atoms with Gasteiger partial charge in [-0.25, -0.2) is 0 Å². The van der Waals surface area contributed by atoms with Crippen molar-refractivity contribution < 1.29 is 4.79 Å². The molecule has 1 fully saturated rings. The van der Waals surface area contributed by atoms with Gasteiger partial charge in [0.15, 0.2) is 0 Å². The molecule has 1 N–H and O–H groups in total. The molecule has 3 rings (SSSR count). The highest BCUT2D eigenvalue weighted by Gasteiger charge is 2.22. The molecule has 0 radical (unpaired) electrons.